The molecule has 0 aliphatic rings. The summed E-state index contributed by atoms with van der Waals surface area (Å²) in [4.78, 5) is 27.7. The minimum Gasteiger partial charge on any atom is -0.352 e. The normalized spacial score (nSPS) is 13.5. The average Bonchev–Trinajstić information content (AvgIpc) is 3.14. The first-order valence-corrected chi connectivity index (χ1v) is 9.61. The fourth-order valence-electron chi connectivity index (χ4n) is 2.74. The van der Waals surface area contributed by atoms with Gasteiger partial charge in [-0.25, -0.2) is 0 Å². The zero-order valence-corrected chi connectivity index (χ0v) is 16.5. The van der Waals surface area contributed by atoms with Crippen molar-refractivity contribution in [2.45, 2.75) is 25.9 Å². The molecule has 1 aromatic carbocycles. The molecule has 2 N–H and O–H groups in total. The van der Waals surface area contributed by atoms with Gasteiger partial charge in [-0.05, 0) is 37.0 Å². The van der Waals surface area contributed by atoms with Crippen molar-refractivity contribution in [2.75, 3.05) is 20.6 Å². The van der Waals surface area contributed by atoms with Gasteiger partial charge in [0.2, 0.25) is 5.91 Å². The van der Waals surface area contributed by atoms with Crippen LogP contribution in [0.15, 0.2) is 47.8 Å². The van der Waals surface area contributed by atoms with E-state index in [1.807, 2.05) is 57.6 Å². The Morgan fingerprint density at radius 3 is 2.31 bits per heavy atom. The smallest absolute Gasteiger partial charge is 0.262 e. The predicted molar refractivity (Wildman–Crippen MR) is 106 cm³/mol. The highest BCUT2D eigenvalue weighted by Crippen LogP contribution is 2.17. The number of rotatable bonds is 8. The Morgan fingerprint density at radius 2 is 1.77 bits per heavy atom. The molecule has 1 aromatic heterocycles. The molecule has 2 atom stereocenters. The number of hydrogen-bond acceptors (Lipinski definition) is 4. The minimum absolute atomic E-state index is 0.00607. The summed E-state index contributed by atoms with van der Waals surface area (Å²) in [7, 11) is 3.98. The monoisotopic (exact) mass is 373 g/mol. The maximum atomic E-state index is 12.7. The molecule has 2 aromatic rings. The van der Waals surface area contributed by atoms with Gasteiger partial charge < -0.3 is 15.5 Å². The zero-order valence-electron chi connectivity index (χ0n) is 15.7. The van der Waals surface area contributed by atoms with Gasteiger partial charge in [0.15, 0.2) is 0 Å². The molecule has 0 aliphatic heterocycles. The van der Waals surface area contributed by atoms with Crippen LogP contribution in [0.4, 0.5) is 0 Å². The highest BCUT2D eigenvalue weighted by atomic mass is 32.1. The number of thiophene rings is 1. The number of benzene rings is 1. The predicted octanol–water partition coefficient (Wildman–Crippen LogP) is 2.92. The van der Waals surface area contributed by atoms with Gasteiger partial charge in [-0.1, -0.05) is 50.2 Å². The van der Waals surface area contributed by atoms with E-state index in [0.29, 0.717) is 11.4 Å². The molecule has 2 amide bonds. The second-order valence-corrected chi connectivity index (χ2v) is 7.76. The third-order valence-electron chi connectivity index (χ3n) is 4.26. The van der Waals surface area contributed by atoms with Crippen LogP contribution < -0.4 is 10.6 Å². The summed E-state index contributed by atoms with van der Waals surface area (Å²) in [6, 6.07) is 13.1. The first-order chi connectivity index (χ1) is 12.4. The number of carbonyl (C=O) groups is 2. The number of carbonyl (C=O) groups excluding carboxylic acids is 2. The maximum absolute atomic E-state index is 12.7. The van der Waals surface area contributed by atoms with E-state index in [0.717, 1.165) is 5.56 Å². The standard InChI is InChI=1S/C20H27N3O2S/c1-14(2)18(22-19(24)17-11-8-12-26-17)20(25)21-13-16(23(3)4)15-9-6-5-7-10-15/h5-12,14,16,18H,13H2,1-4H3,(H,21,25)(H,22,24)/t16-,18-/m1/s1. The van der Waals surface area contributed by atoms with Crippen molar-refractivity contribution in [1.82, 2.24) is 15.5 Å². The van der Waals surface area contributed by atoms with Gasteiger partial charge in [-0.3, -0.25) is 9.59 Å². The fourth-order valence-corrected chi connectivity index (χ4v) is 3.36. The Kier molecular flexibility index (Phi) is 7.36. The molecular formula is C20H27N3O2S. The Balaban J connectivity index is 2.01. The third-order valence-corrected chi connectivity index (χ3v) is 5.13. The molecule has 0 saturated carbocycles. The summed E-state index contributed by atoms with van der Waals surface area (Å²) in [6.45, 7) is 4.34. The molecule has 0 bridgehead atoms. The Bertz CT molecular complexity index is 699. The molecule has 0 saturated heterocycles. The highest BCUT2D eigenvalue weighted by molar-refractivity contribution is 7.12. The summed E-state index contributed by atoms with van der Waals surface area (Å²) < 4.78 is 0. The van der Waals surface area contributed by atoms with E-state index in [1.54, 1.807) is 6.07 Å². The molecule has 0 spiro atoms. The maximum Gasteiger partial charge on any atom is 0.262 e. The first-order valence-electron chi connectivity index (χ1n) is 8.73. The second kappa shape index (κ2) is 9.50. The lowest BCUT2D eigenvalue weighted by molar-refractivity contribution is -0.124. The van der Waals surface area contributed by atoms with Gasteiger partial charge in [0.25, 0.3) is 5.91 Å². The Morgan fingerprint density at radius 1 is 1.08 bits per heavy atom. The van der Waals surface area contributed by atoms with Crippen molar-refractivity contribution in [3.63, 3.8) is 0 Å². The van der Waals surface area contributed by atoms with Crippen LogP contribution in [0, 0.1) is 5.92 Å². The fraction of sp³-hybridized carbons (Fsp3) is 0.400. The van der Waals surface area contributed by atoms with E-state index < -0.39 is 6.04 Å². The lowest BCUT2D eigenvalue weighted by Gasteiger charge is -2.27. The SMILES string of the molecule is CC(C)[C@@H](NC(=O)c1cccs1)C(=O)NC[C@H](c1ccccc1)N(C)C. The van der Waals surface area contributed by atoms with Gasteiger partial charge in [0.05, 0.1) is 10.9 Å². The van der Waals surface area contributed by atoms with E-state index in [4.69, 9.17) is 0 Å². The second-order valence-electron chi connectivity index (χ2n) is 6.81. The molecule has 0 radical (unpaired) electrons. The molecule has 140 valence electrons. The zero-order chi connectivity index (χ0) is 19.1. The van der Waals surface area contributed by atoms with Crippen molar-refractivity contribution in [1.29, 1.82) is 0 Å². The molecule has 2 rings (SSSR count). The summed E-state index contributed by atoms with van der Waals surface area (Å²) in [6.07, 6.45) is 0. The van der Waals surface area contributed by atoms with Crippen molar-refractivity contribution in [3.8, 4) is 0 Å². The molecular weight excluding hydrogens is 346 g/mol. The summed E-state index contributed by atoms with van der Waals surface area (Å²) >= 11 is 1.37. The molecule has 6 heteroatoms. The summed E-state index contributed by atoms with van der Waals surface area (Å²) in [5, 5.41) is 7.71. The third kappa shape index (κ3) is 5.41. The van der Waals surface area contributed by atoms with Gasteiger partial charge in [-0.15, -0.1) is 11.3 Å². The number of nitrogens with one attached hydrogen (secondary N) is 2. The topological polar surface area (TPSA) is 61.4 Å². The largest absolute Gasteiger partial charge is 0.352 e. The van der Waals surface area contributed by atoms with E-state index in [9.17, 15) is 9.59 Å². The van der Waals surface area contributed by atoms with Crippen LogP contribution in [0.5, 0.6) is 0 Å². The van der Waals surface area contributed by atoms with Gasteiger partial charge in [0, 0.05) is 6.54 Å². The van der Waals surface area contributed by atoms with Crippen LogP contribution in [0.2, 0.25) is 0 Å². The van der Waals surface area contributed by atoms with Crippen molar-refractivity contribution in [2.24, 2.45) is 5.92 Å². The van der Waals surface area contributed by atoms with Crippen LogP contribution in [0.25, 0.3) is 0 Å². The highest BCUT2D eigenvalue weighted by Gasteiger charge is 2.26. The summed E-state index contributed by atoms with van der Waals surface area (Å²) in [5.74, 6) is -0.373. The Labute approximate surface area is 159 Å². The van der Waals surface area contributed by atoms with Crippen LogP contribution in [-0.4, -0.2) is 43.4 Å². The minimum atomic E-state index is -0.566. The van der Waals surface area contributed by atoms with Crippen LogP contribution in [0.1, 0.15) is 35.1 Å². The van der Waals surface area contributed by atoms with E-state index in [2.05, 4.69) is 27.7 Å². The number of nitrogens with zero attached hydrogens (tertiary/aromatic N) is 1. The van der Waals surface area contributed by atoms with E-state index >= 15 is 0 Å². The summed E-state index contributed by atoms with van der Waals surface area (Å²) in [5.41, 5.74) is 1.14. The lowest BCUT2D eigenvalue weighted by atomic mass is 10.0. The number of hydrogen-bond donors (Lipinski definition) is 2. The van der Waals surface area contributed by atoms with Crippen LogP contribution >= 0.6 is 11.3 Å². The van der Waals surface area contributed by atoms with Gasteiger partial charge in [-0.2, -0.15) is 0 Å². The number of likely N-dealkylation sites (N-methyl/N-ethyl adjacent to an activating group) is 1. The first kappa shape index (κ1) is 20.1. The van der Waals surface area contributed by atoms with Crippen molar-refractivity contribution < 1.29 is 9.59 Å². The number of amides is 2. The average molecular weight is 374 g/mol. The van der Waals surface area contributed by atoms with Crippen LogP contribution in [0.3, 0.4) is 0 Å². The Hall–Kier alpha value is -2.18. The van der Waals surface area contributed by atoms with E-state index in [-0.39, 0.29) is 23.8 Å². The van der Waals surface area contributed by atoms with Crippen molar-refractivity contribution in [3.05, 3.63) is 58.3 Å². The van der Waals surface area contributed by atoms with Crippen LogP contribution in [-0.2, 0) is 4.79 Å². The van der Waals surface area contributed by atoms with Gasteiger partial charge >= 0.3 is 0 Å². The molecule has 26 heavy (non-hydrogen) atoms. The molecule has 5 nitrogen and oxygen atoms in total. The van der Waals surface area contributed by atoms with E-state index in [1.165, 1.54) is 11.3 Å². The lowest BCUT2D eigenvalue weighted by Crippen LogP contribution is -2.50. The van der Waals surface area contributed by atoms with Crippen molar-refractivity contribution >= 4 is 23.2 Å². The molecule has 1 heterocycles. The quantitative estimate of drug-likeness (QED) is 0.748. The molecule has 0 fully saturated rings. The van der Waals surface area contributed by atoms with Gasteiger partial charge in [0.1, 0.15) is 6.04 Å². The molecule has 0 aliphatic carbocycles. The molecule has 0 unspecified atom stereocenters.